The molecule has 134 valence electrons. The van der Waals surface area contributed by atoms with Crippen molar-refractivity contribution in [3.63, 3.8) is 0 Å². The van der Waals surface area contributed by atoms with E-state index in [9.17, 15) is 4.79 Å². The molecule has 0 saturated carbocycles. The van der Waals surface area contributed by atoms with Crippen molar-refractivity contribution in [2.75, 3.05) is 19.6 Å². The molecule has 3 rings (SSSR count). The molecule has 1 heterocycles. The minimum atomic E-state index is -0.932. The molecule has 1 aliphatic rings. The number of rotatable bonds is 6. The Balaban J connectivity index is 1.94. The molecular weight excluding hydrogens is 322 g/mol. The summed E-state index contributed by atoms with van der Waals surface area (Å²) in [6, 6.07) is 16.6. The van der Waals surface area contributed by atoms with Crippen LogP contribution in [-0.4, -0.2) is 35.6 Å². The largest absolute Gasteiger partial charge is 0.478 e. The van der Waals surface area contributed by atoms with Gasteiger partial charge in [0.05, 0.1) is 0 Å². The molecule has 26 heavy (non-hydrogen) atoms. The quantitative estimate of drug-likeness (QED) is 0.775. The number of carboxylic acid groups (broad SMARTS) is 1. The summed E-state index contributed by atoms with van der Waals surface area (Å²) in [5, 5.41) is 8.86. The topological polar surface area (TPSA) is 40.5 Å². The second-order valence-electron chi connectivity index (χ2n) is 6.79. The smallest absolute Gasteiger partial charge is 0.328 e. The van der Waals surface area contributed by atoms with Gasteiger partial charge >= 0.3 is 5.97 Å². The molecule has 0 atom stereocenters. The van der Waals surface area contributed by atoms with E-state index in [4.69, 9.17) is 5.11 Å². The number of likely N-dealkylation sites (tertiary alicyclic amines) is 1. The van der Waals surface area contributed by atoms with E-state index in [1.807, 2.05) is 12.1 Å². The van der Waals surface area contributed by atoms with Gasteiger partial charge in [0.15, 0.2) is 0 Å². The Labute approximate surface area is 155 Å². The van der Waals surface area contributed by atoms with Crippen molar-refractivity contribution in [2.24, 2.45) is 0 Å². The van der Waals surface area contributed by atoms with E-state index in [2.05, 4.69) is 54.3 Å². The van der Waals surface area contributed by atoms with Gasteiger partial charge in [-0.3, -0.25) is 4.90 Å². The molecule has 3 heteroatoms. The van der Waals surface area contributed by atoms with Gasteiger partial charge in [0.2, 0.25) is 0 Å². The zero-order chi connectivity index (χ0) is 18.4. The number of carbonyl (C=O) groups is 1. The average molecular weight is 347 g/mol. The van der Waals surface area contributed by atoms with Gasteiger partial charge in [0.25, 0.3) is 0 Å². The van der Waals surface area contributed by atoms with Crippen LogP contribution >= 0.6 is 0 Å². The van der Waals surface area contributed by atoms with E-state index in [0.717, 1.165) is 17.7 Å². The molecule has 0 aliphatic carbocycles. The van der Waals surface area contributed by atoms with Gasteiger partial charge in [0, 0.05) is 12.6 Å². The lowest BCUT2D eigenvalue weighted by Gasteiger charge is -2.15. The first-order valence-electron chi connectivity index (χ1n) is 9.13. The Morgan fingerprint density at radius 2 is 1.81 bits per heavy atom. The molecule has 0 radical (unpaired) electrons. The molecule has 0 unspecified atom stereocenters. The second-order valence-corrected chi connectivity index (χ2v) is 6.79. The Hall–Kier alpha value is -2.65. The predicted octanol–water partition coefficient (Wildman–Crippen LogP) is 4.62. The summed E-state index contributed by atoms with van der Waals surface area (Å²) in [4.78, 5) is 13.3. The SMILES string of the molecule is Cc1ccc(/C(=C\CN2CCCC2)c2cccc(/C=C/C(=O)O)c2)cc1. The molecule has 0 spiro atoms. The third kappa shape index (κ3) is 4.93. The Morgan fingerprint density at radius 1 is 1.08 bits per heavy atom. The average Bonchev–Trinajstić information content (AvgIpc) is 3.15. The summed E-state index contributed by atoms with van der Waals surface area (Å²) in [7, 11) is 0. The van der Waals surface area contributed by atoms with Crippen LogP contribution in [0.2, 0.25) is 0 Å². The molecule has 3 nitrogen and oxygen atoms in total. The summed E-state index contributed by atoms with van der Waals surface area (Å²) in [5.74, 6) is -0.932. The lowest BCUT2D eigenvalue weighted by atomic mass is 9.95. The zero-order valence-electron chi connectivity index (χ0n) is 15.2. The lowest BCUT2D eigenvalue weighted by Crippen LogP contribution is -2.19. The first-order valence-corrected chi connectivity index (χ1v) is 9.13. The number of benzene rings is 2. The van der Waals surface area contributed by atoms with Crippen LogP contribution < -0.4 is 0 Å². The second kappa shape index (κ2) is 8.63. The van der Waals surface area contributed by atoms with Gasteiger partial charge in [-0.15, -0.1) is 0 Å². The van der Waals surface area contributed by atoms with Crippen molar-refractivity contribution >= 4 is 17.6 Å². The number of hydrogen-bond acceptors (Lipinski definition) is 2. The monoisotopic (exact) mass is 347 g/mol. The highest BCUT2D eigenvalue weighted by Crippen LogP contribution is 2.25. The normalized spacial score (nSPS) is 15.7. The van der Waals surface area contributed by atoms with Crippen LogP contribution in [-0.2, 0) is 4.79 Å². The fourth-order valence-electron chi connectivity index (χ4n) is 3.30. The van der Waals surface area contributed by atoms with Crippen molar-refractivity contribution in [1.82, 2.24) is 4.90 Å². The number of aliphatic carboxylic acids is 1. The molecule has 0 bridgehead atoms. The first kappa shape index (κ1) is 18.2. The fourth-order valence-corrected chi connectivity index (χ4v) is 3.30. The number of carboxylic acids is 1. The highest BCUT2D eigenvalue weighted by atomic mass is 16.4. The van der Waals surface area contributed by atoms with E-state index >= 15 is 0 Å². The van der Waals surface area contributed by atoms with Crippen LogP contribution in [0.1, 0.15) is 35.1 Å². The number of aryl methyl sites for hydroxylation is 1. The lowest BCUT2D eigenvalue weighted by molar-refractivity contribution is -0.131. The summed E-state index contributed by atoms with van der Waals surface area (Å²) < 4.78 is 0. The van der Waals surface area contributed by atoms with Crippen LogP contribution in [0.15, 0.2) is 60.7 Å². The molecule has 2 aromatic carbocycles. The predicted molar refractivity (Wildman–Crippen MR) is 107 cm³/mol. The van der Waals surface area contributed by atoms with Crippen LogP contribution in [0.4, 0.5) is 0 Å². The molecule has 2 aromatic rings. The zero-order valence-corrected chi connectivity index (χ0v) is 15.2. The Morgan fingerprint density at radius 3 is 2.50 bits per heavy atom. The molecule has 0 aromatic heterocycles. The van der Waals surface area contributed by atoms with E-state index < -0.39 is 5.97 Å². The van der Waals surface area contributed by atoms with Crippen molar-refractivity contribution in [2.45, 2.75) is 19.8 Å². The van der Waals surface area contributed by atoms with E-state index in [1.165, 1.54) is 48.7 Å². The van der Waals surface area contributed by atoms with Crippen LogP contribution in [0.5, 0.6) is 0 Å². The van der Waals surface area contributed by atoms with Gasteiger partial charge < -0.3 is 5.11 Å². The third-order valence-electron chi connectivity index (χ3n) is 4.73. The minimum Gasteiger partial charge on any atom is -0.478 e. The highest BCUT2D eigenvalue weighted by molar-refractivity contribution is 5.86. The van der Waals surface area contributed by atoms with Crippen LogP contribution in [0.25, 0.3) is 11.6 Å². The van der Waals surface area contributed by atoms with Crippen LogP contribution in [0.3, 0.4) is 0 Å². The van der Waals surface area contributed by atoms with Crippen molar-refractivity contribution in [1.29, 1.82) is 0 Å². The standard InChI is InChI=1S/C23H25NO2/c1-18-7-10-20(11-8-18)22(13-16-24-14-2-3-15-24)21-6-4-5-19(17-21)9-12-23(25)26/h4-13,17H,2-3,14-16H2,1H3,(H,25,26)/b12-9+,22-13+. The Kier molecular flexibility index (Phi) is 6.03. The molecular formula is C23H25NO2. The van der Waals surface area contributed by atoms with Crippen molar-refractivity contribution in [3.8, 4) is 0 Å². The van der Waals surface area contributed by atoms with Gasteiger partial charge in [0.1, 0.15) is 0 Å². The fraction of sp³-hybridized carbons (Fsp3) is 0.261. The summed E-state index contributed by atoms with van der Waals surface area (Å²) in [6.45, 7) is 5.37. The Bertz CT molecular complexity index is 812. The molecule has 1 N–H and O–H groups in total. The van der Waals surface area contributed by atoms with Crippen molar-refractivity contribution < 1.29 is 9.90 Å². The highest BCUT2D eigenvalue weighted by Gasteiger charge is 2.11. The van der Waals surface area contributed by atoms with Gasteiger partial charge in [-0.25, -0.2) is 4.79 Å². The number of nitrogens with zero attached hydrogens (tertiary/aromatic N) is 1. The third-order valence-corrected chi connectivity index (χ3v) is 4.73. The van der Waals surface area contributed by atoms with Crippen molar-refractivity contribution in [3.05, 3.63) is 82.9 Å². The molecule has 1 fully saturated rings. The van der Waals surface area contributed by atoms with E-state index in [0.29, 0.717) is 0 Å². The maximum Gasteiger partial charge on any atom is 0.328 e. The van der Waals surface area contributed by atoms with E-state index in [1.54, 1.807) is 6.08 Å². The van der Waals surface area contributed by atoms with E-state index in [-0.39, 0.29) is 0 Å². The van der Waals surface area contributed by atoms with Gasteiger partial charge in [-0.05, 0) is 67.3 Å². The summed E-state index contributed by atoms with van der Waals surface area (Å²) in [6.07, 6.45) is 7.68. The maximum atomic E-state index is 10.8. The maximum absolute atomic E-state index is 10.8. The van der Waals surface area contributed by atoms with Gasteiger partial charge in [-0.1, -0.05) is 54.1 Å². The van der Waals surface area contributed by atoms with Crippen LogP contribution in [0, 0.1) is 6.92 Å². The molecule has 1 aliphatic heterocycles. The van der Waals surface area contributed by atoms with Gasteiger partial charge in [-0.2, -0.15) is 0 Å². The minimum absolute atomic E-state index is 0.893. The molecule has 0 amide bonds. The molecule has 1 saturated heterocycles. The first-order chi connectivity index (χ1) is 12.6. The summed E-state index contributed by atoms with van der Waals surface area (Å²) >= 11 is 0. The summed E-state index contributed by atoms with van der Waals surface area (Å²) in [5.41, 5.74) is 5.63. The number of hydrogen-bond donors (Lipinski definition) is 1.